The Hall–Kier alpha value is -2.93. The Morgan fingerprint density at radius 3 is 2.66 bits per heavy atom. The van der Waals surface area contributed by atoms with Crippen LogP contribution in [0.4, 0.5) is 0 Å². The number of carbonyl (C=O) groups is 2. The standard InChI is InChI=1S/C25H25ClN2O4/c1-15-22(25(30)32-14-21(31-2)16-7-4-3-5-8-16)23(17-9-6-10-18(26)11-17)24-19(28-15)12-27-13-20(24)29/h3-11,21,23,27-28H,12-14H2,1-2H3. The second-order valence-corrected chi connectivity index (χ2v) is 8.24. The molecular weight excluding hydrogens is 428 g/mol. The smallest absolute Gasteiger partial charge is 0.336 e. The van der Waals surface area contributed by atoms with E-state index in [1.54, 1.807) is 19.2 Å². The van der Waals surface area contributed by atoms with Crippen molar-refractivity contribution in [1.82, 2.24) is 10.6 Å². The minimum absolute atomic E-state index is 0.0550. The van der Waals surface area contributed by atoms with E-state index in [1.807, 2.05) is 49.4 Å². The number of Topliss-reactive ketones (excluding diaryl/α,β-unsaturated/α-hetero) is 1. The van der Waals surface area contributed by atoms with E-state index in [2.05, 4.69) is 10.6 Å². The van der Waals surface area contributed by atoms with Gasteiger partial charge in [-0.3, -0.25) is 4.79 Å². The number of ketones is 1. The molecule has 0 bridgehead atoms. The molecule has 6 nitrogen and oxygen atoms in total. The van der Waals surface area contributed by atoms with E-state index in [-0.39, 0.29) is 18.9 Å². The van der Waals surface area contributed by atoms with Gasteiger partial charge >= 0.3 is 5.97 Å². The molecule has 0 saturated carbocycles. The molecule has 0 spiro atoms. The molecule has 0 saturated heterocycles. The van der Waals surface area contributed by atoms with Crippen molar-refractivity contribution in [3.05, 3.63) is 93.3 Å². The van der Waals surface area contributed by atoms with Crippen molar-refractivity contribution in [1.29, 1.82) is 0 Å². The van der Waals surface area contributed by atoms with Gasteiger partial charge in [0.1, 0.15) is 12.7 Å². The fraction of sp³-hybridized carbons (Fsp3) is 0.280. The van der Waals surface area contributed by atoms with Gasteiger partial charge in [-0.15, -0.1) is 0 Å². The summed E-state index contributed by atoms with van der Waals surface area (Å²) >= 11 is 6.25. The quantitative estimate of drug-likeness (QED) is 0.651. The van der Waals surface area contributed by atoms with Gasteiger partial charge in [0.25, 0.3) is 0 Å². The molecule has 32 heavy (non-hydrogen) atoms. The lowest BCUT2D eigenvalue weighted by Crippen LogP contribution is -2.43. The monoisotopic (exact) mass is 452 g/mol. The van der Waals surface area contributed by atoms with E-state index in [0.29, 0.717) is 28.4 Å². The highest BCUT2D eigenvalue weighted by Crippen LogP contribution is 2.40. The maximum absolute atomic E-state index is 13.4. The summed E-state index contributed by atoms with van der Waals surface area (Å²) in [6, 6.07) is 16.8. The summed E-state index contributed by atoms with van der Waals surface area (Å²) < 4.78 is 11.2. The highest BCUT2D eigenvalue weighted by molar-refractivity contribution is 6.30. The number of rotatable bonds is 6. The molecule has 2 aromatic carbocycles. The number of allylic oxidation sites excluding steroid dienone is 1. The topological polar surface area (TPSA) is 76.7 Å². The fourth-order valence-electron chi connectivity index (χ4n) is 4.25. The number of hydrogen-bond donors (Lipinski definition) is 2. The number of nitrogens with one attached hydrogen (secondary N) is 2. The average Bonchev–Trinajstić information content (AvgIpc) is 2.79. The highest BCUT2D eigenvalue weighted by Gasteiger charge is 2.39. The number of esters is 1. The molecule has 2 heterocycles. The number of ether oxygens (including phenoxy) is 2. The summed E-state index contributed by atoms with van der Waals surface area (Å²) in [6.07, 6.45) is -0.391. The number of dihydropyridines is 1. The van der Waals surface area contributed by atoms with Gasteiger partial charge in [-0.2, -0.15) is 0 Å². The van der Waals surface area contributed by atoms with Crippen LogP contribution in [0.15, 0.2) is 77.1 Å². The summed E-state index contributed by atoms with van der Waals surface area (Å²) in [4.78, 5) is 26.2. The lowest BCUT2D eigenvalue weighted by atomic mass is 9.77. The Bertz CT molecular complexity index is 1090. The molecule has 166 valence electrons. The zero-order chi connectivity index (χ0) is 22.7. The molecule has 0 fully saturated rings. The molecule has 0 amide bonds. The van der Waals surface area contributed by atoms with Gasteiger partial charge in [-0.05, 0) is 30.2 Å². The molecule has 2 atom stereocenters. The van der Waals surface area contributed by atoms with Gasteiger partial charge in [-0.25, -0.2) is 4.79 Å². The highest BCUT2D eigenvalue weighted by atomic mass is 35.5. The Kier molecular flexibility index (Phi) is 6.74. The summed E-state index contributed by atoms with van der Waals surface area (Å²) in [5.41, 5.74) is 4.11. The summed E-state index contributed by atoms with van der Waals surface area (Å²) in [5, 5.41) is 6.87. The first-order chi connectivity index (χ1) is 15.5. The maximum atomic E-state index is 13.4. The molecule has 2 unspecified atom stereocenters. The second kappa shape index (κ2) is 9.69. The van der Waals surface area contributed by atoms with Crippen LogP contribution in [0.3, 0.4) is 0 Å². The van der Waals surface area contributed by atoms with Crippen LogP contribution in [0, 0.1) is 0 Å². The largest absolute Gasteiger partial charge is 0.459 e. The number of benzene rings is 2. The van der Waals surface area contributed by atoms with Crippen LogP contribution < -0.4 is 10.6 Å². The molecule has 2 aliphatic rings. The first-order valence-electron chi connectivity index (χ1n) is 10.4. The minimum atomic E-state index is -0.551. The number of carbonyl (C=O) groups excluding carboxylic acids is 2. The van der Waals surface area contributed by atoms with E-state index < -0.39 is 18.0 Å². The van der Waals surface area contributed by atoms with Gasteiger partial charge in [0.05, 0.1) is 12.1 Å². The van der Waals surface area contributed by atoms with Gasteiger partial charge in [0, 0.05) is 41.6 Å². The van der Waals surface area contributed by atoms with Crippen molar-refractivity contribution in [2.45, 2.75) is 18.9 Å². The molecule has 7 heteroatoms. The summed E-state index contributed by atoms with van der Waals surface area (Å²) in [6.45, 7) is 2.62. The lowest BCUT2D eigenvalue weighted by Gasteiger charge is -2.34. The fourth-order valence-corrected chi connectivity index (χ4v) is 4.45. The molecule has 2 aromatic rings. The van der Waals surface area contributed by atoms with Crippen molar-refractivity contribution in [3.63, 3.8) is 0 Å². The SMILES string of the molecule is COC(COC(=O)C1=C(C)NC2=C(C(=O)CNC2)C1c1cccc(Cl)c1)c1ccccc1. The van der Waals surface area contributed by atoms with Crippen molar-refractivity contribution >= 4 is 23.4 Å². The predicted molar refractivity (Wildman–Crippen MR) is 122 cm³/mol. The van der Waals surface area contributed by atoms with Gasteiger partial charge in [0.15, 0.2) is 5.78 Å². The van der Waals surface area contributed by atoms with Crippen molar-refractivity contribution < 1.29 is 19.1 Å². The van der Waals surface area contributed by atoms with E-state index in [9.17, 15) is 9.59 Å². The molecule has 0 radical (unpaired) electrons. The van der Waals surface area contributed by atoms with Crippen molar-refractivity contribution in [2.75, 3.05) is 26.8 Å². The molecule has 0 aromatic heterocycles. The first kappa shape index (κ1) is 22.3. The van der Waals surface area contributed by atoms with Gasteiger partial charge < -0.3 is 20.1 Å². The molecule has 0 aliphatic carbocycles. The third kappa shape index (κ3) is 4.48. The average molecular weight is 453 g/mol. The molecule has 2 N–H and O–H groups in total. The Morgan fingerprint density at radius 1 is 1.16 bits per heavy atom. The number of hydrogen-bond acceptors (Lipinski definition) is 6. The van der Waals surface area contributed by atoms with Gasteiger partial charge in [-0.1, -0.05) is 54.1 Å². The lowest BCUT2D eigenvalue weighted by molar-refractivity contribution is -0.143. The van der Waals surface area contributed by atoms with E-state index in [0.717, 1.165) is 16.8 Å². The van der Waals surface area contributed by atoms with Crippen LogP contribution >= 0.6 is 11.6 Å². The van der Waals surface area contributed by atoms with Crippen LogP contribution in [0.1, 0.15) is 30.1 Å². The normalized spacial score (nSPS) is 19.3. The summed E-state index contributed by atoms with van der Waals surface area (Å²) in [5.74, 6) is -1.10. The maximum Gasteiger partial charge on any atom is 0.336 e. The summed E-state index contributed by atoms with van der Waals surface area (Å²) in [7, 11) is 1.58. The van der Waals surface area contributed by atoms with E-state index in [1.165, 1.54) is 0 Å². The van der Waals surface area contributed by atoms with Crippen LogP contribution in [0.25, 0.3) is 0 Å². The van der Waals surface area contributed by atoms with Gasteiger partial charge in [0.2, 0.25) is 0 Å². The number of halogens is 1. The Balaban J connectivity index is 1.66. The second-order valence-electron chi connectivity index (χ2n) is 7.80. The van der Waals surface area contributed by atoms with Crippen molar-refractivity contribution in [3.8, 4) is 0 Å². The minimum Gasteiger partial charge on any atom is -0.459 e. The van der Waals surface area contributed by atoms with Crippen LogP contribution in [-0.4, -0.2) is 38.6 Å². The molecule has 2 aliphatic heterocycles. The zero-order valence-electron chi connectivity index (χ0n) is 18.0. The van der Waals surface area contributed by atoms with Crippen LogP contribution in [0.5, 0.6) is 0 Å². The van der Waals surface area contributed by atoms with E-state index >= 15 is 0 Å². The zero-order valence-corrected chi connectivity index (χ0v) is 18.7. The first-order valence-corrected chi connectivity index (χ1v) is 10.8. The molecular formula is C25H25ClN2O4. The van der Waals surface area contributed by atoms with Crippen LogP contribution in [-0.2, 0) is 19.1 Å². The molecule has 4 rings (SSSR count). The Morgan fingerprint density at radius 2 is 1.94 bits per heavy atom. The number of methoxy groups -OCH3 is 1. The van der Waals surface area contributed by atoms with Crippen LogP contribution in [0.2, 0.25) is 5.02 Å². The predicted octanol–water partition coefficient (Wildman–Crippen LogP) is 3.66. The third-order valence-corrected chi connectivity index (χ3v) is 5.99. The van der Waals surface area contributed by atoms with Crippen molar-refractivity contribution in [2.24, 2.45) is 0 Å². The van der Waals surface area contributed by atoms with E-state index in [4.69, 9.17) is 21.1 Å². The third-order valence-electron chi connectivity index (χ3n) is 5.76. The Labute approximate surface area is 192 Å².